The molecule has 0 unspecified atom stereocenters. The number of methoxy groups -OCH3 is 1. The van der Waals surface area contributed by atoms with Crippen LogP contribution in [0, 0.1) is 0 Å². The minimum absolute atomic E-state index is 0.197. The fraction of sp³-hybridized carbons (Fsp3) is 0.455. The molecule has 1 aliphatic heterocycles. The van der Waals surface area contributed by atoms with Gasteiger partial charge in [-0.15, -0.1) is 0 Å². The first-order valence-electron chi connectivity index (χ1n) is 10.2. The molecule has 0 atom stereocenters. The molecule has 0 aliphatic carbocycles. The summed E-state index contributed by atoms with van der Waals surface area (Å²) in [6.45, 7) is 8.91. The van der Waals surface area contributed by atoms with Crippen molar-refractivity contribution in [1.82, 2.24) is 20.5 Å². The topological polar surface area (TPSA) is 69.7 Å². The molecule has 2 aromatic rings. The highest BCUT2D eigenvalue weighted by atomic mass is 16.5. The van der Waals surface area contributed by atoms with Gasteiger partial charge in [-0.1, -0.05) is 37.3 Å². The van der Waals surface area contributed by atoms with Crippen LogP contribution in [0.3, 0.4) is 0 Å². The molecule has 2 N–H and O–H groups in total. The highest BCUT2D eigenvalue weighted by molar-refractivity contribution is 5.73. The summed E-state index contributed by atoms with van der Waals surface area (Å²) in [7, 11) is 1.67. The van der Waals surface area contributed by atoms with E-state index < -0.39 is 0 Å². The first kappa shape index (κ1) is 21.1. The van der Waals surface area contributed by atoms with E-state index in [4.69, 9.17) is 4.74 Å². The molecule has 1 aromatic carbocycles. The van der Waals surface area contributed by atoms with Crippen LogP contribution in [0.15, 0.2) is 42.6 Å². The monoisotopic (exact) mass is 397 g/mol. The summed E-state index contributed by atoms with van der Waals surface area (Å²) < 4.78 is 5.20. The van der Waals surface area contributed by atoms with Crippen molar-refractivity contribution in [2.24, 2.45) is 0 Å². The first-order chi connectivity index (χ1) is 14.2. The van der Waals surface area contributed by atoms with Crippen LogP contribution in [0.1, 0.15) is 23.6 Å². The maximum atomic E-state index is 12.1. The number of hydrogen-bond acceptors (Lipinski definition) is 5. The molecule has 0 radical (unpaired) electrons. The summed E-state index contributed by atoms with van der Waals surface area (Å²) in [5, 5.41) is 5.79. The molecule has 1 aliphatic rings. The zero-order chi connectivity index (χ0) is 20.5. The maximum absolute atomic E-state index is 12.1. The van der Waals surface area contributed by atoms with Gasteiger partial charge in [0.05, 0.1) is 6.61 Å². The van der Waals surface area contributed by atoms with Gasteiger partial charge in [0.15, 0.2) is 0 Å². The first-order valence-corrected chi connectivity index (χ1v) is 10.2. The highest BCUT2D eigenvalue weighted by Crippen LogP contribution is 2.14. The molecule has 3 rings (SSSR count). The second kappa shape index (κ2) is 10.8. The van der Waals surface area contributed by atoms with Crippen molar-refractivity contribution < 1.29 is 9.53 Å². The number of nitrogens with zero attached hydrogens (tertiary/aromatic N) is 3. The molecule has 7 heteroatoms. The van der Waals surface area contributed by atoms with E-state index in [1.807, 2.05) is 42.6 Å². The summed E-state index contributed by atoms with van der Waals surface area (Å²) in [5.41, 5.74) is 3.12. The van der Waals surface area contributed by atoms with E-state index in [1.165, 1.54) is 0 Å². The number of amides is 2. The molecule has 0 spiro atoms. The number of rotatable bonds is 8. The van der Waals surface area contributed by atoms with E-state index in [9.17, 15) is 4.79 Å². The molecule has 1 saturated heterocycles. The standard InChI is InChI=1S/C22H31N5O2/c1-3-26-10-12-27(13-11-26)21-9-8-18(14-23-21)15-24-22(28)25-16-19-6-4-5-7-20(19)17-29-2/h4-9,14H,3,10-13,15-17H2,1-2H3,(H2,24,25,28). The number of piperazine rings is 1. The second-order valence-corrected chi connectivity index (χ2v) is 7.18. The van der Waals surface area contributed by atoms with E-state index in [1.54, 1.807) is 7.11 Å². The third-order valence-corrected chi connectivity index (χ3v) is 5.26. The normalized spacial score (nSPS) is 14.6. The number of likely N-dealkylation sites (N-methyl/N-ethyl adjacent to an activating group) is 1. The van der Waals surface area contributed by atoms with Gasteiger partial charge in [0, 0.05) is 52.6 Å². The molecule has 156 valence electrons. The molecule has 1 fully saturated rings. The van der Waals surface area contributed by atoms with Gasteiger partial charge in [-0.3, -0.25) is 0 Å². The lowest BCUT2D eigenvalue weighted by atomic mass is 10.1. The third kappa shape index (κ3) is 6.17. The fourth-order valence-electron chi connectivity index (χ4n) is 3.45. The Labute approximate surface area is 173 Å². The quantitative estimate of drug-likeness (QED) is 0.716. The van der Waals surface area contributed by atoms with E-state index in [2.05, 4.69) is 32.3 Å². The largest absolute Gasteiger partial charge is 0.380 e. The van der Waals surface area contributed by atoms with Crippen molar-refractivity contribution in [1.29, 1.82) is 0 Å². The Bertz CT molecular complexity index is 773. The summed E-state index contributed by atoms with van der Waals surface area (Å²) in [6.07, 6.45) is 1.84. The summed E-state index contributed by atoms with van der Waals surface area (Å²) in [5.74, 6) is 1.00. The zero-order valence-corrected chi connectivity index (χ0v) is 17.4. The zero-order valence-electron chi connectivity index (χ0n) is 17.4. The van der Waals surface area contributed by atoms with Crippen LogP contribution in [-0.2, 0) is 24.4 Å². The van der Waals surface area contributed by atoms with Crippen molar-refractivity contribution in [2.45, 2.75) is 26.6 Å². The number of benzene rings is 1. The maximum Gasteiger partial charge on any atom is 0.315 e. The molecule has 2 heterocycles. The minimum atomic E-state index is -0.197. The van der Waals surface area contributed by atoms with Crippen molar-refractivity contribution in [3.05, 3.63) is 59.3 Å². The number of nitrogens with one attached hydrogen (secondary N) is 2. The highest BCUT2D eigenvalue weighted by Gasteiger charge is 2.16. The van der Waals surface area contributed by atoms with Gasteiger partial charge < -0.3 is 25.2 Å². The van der Waals surface area contributed by atoms with Gasteiger partial charge in [0.25, 0.3) is 0 Å². The molecule has 29 heavy (non-hydrogen) atoms. The smallest absolute Gasteiger partial charge is 0.315 e. The number of aromatic nitrogens is 1. The molecular weight excluding hydrogens is 366 g/mol. The second-order valence-electron chi connectivity index (χ2n) is 7.18. The Hall–Kier alpha value is -2.64. The van der Waals surface area contributed by atoms with Crippen molar-refractivity contribution in [2.75, 3.05) is 44.7 Å². The van der Waals surface area contributed by atoms with Gasteiger partial charge >= 0.3 is 6.03 Å². The summed E-state index contributed by atoms with van der Waals surface area (Å²) >= 11 is 0. The SMILES string of the molecule is CCN1CCN(c2ccc(CNC(=O)NCc3ccccc3COC)cn2)CC1. The van der Waals surface area contributed by atoms with Crippen molar-refractivity contribution >= 4 is 11.8 Å². The van der Waals surface area contributed by atoms with Crippen LogP contribution >= 0.6 is 0 Å². The Morgan fingerprint density at radius 2 is 1.76 bits per heavy atom. The van der Waals surface area contributed by atoms with Crippen LogP contribution in [0.25, 0.3) is 0 Å². The number of carbonyl (C=O) groups is 1. The van der Waals surface area contributed by atoms with Crippen LogP contribution in [0.4, 0.5) is 10.6 Å². The summed E-state index contributed by atoms with van der Waals surface area (Å²) in [6, 6.07) is 11.8. The third-order valence-electron chi connectivity index (χ3n) is 5.26. The molecular formula is C22H31N5O2. The van der Waals surface area contributed by atoms with Gasteiger partial charge in [0.1, 0.15) is 5.82 Å². The van der Waals surface area contributed by atoms with Crippen LogP contribution < -0.4 is 15.5 Å². The molecule has 2 amide bonds. The number of urea groups is 1. The Morgan fingerprint density at radius 3 is 2.41 bits per heavy atom. The molecule has 0 saturated carbocycles. The van der Waals surface area contributed by atoms with Crippen molar-refractivity contribution in [3.8, 4) is 0 Å². The average molecular weight is 398 g/mol. The fourth-order valence-corrected chi connectivity index (χ4v) is 3.45. The Kier molecular flexibility index (Phi) is 7.84. The number of hydrogen-bond donors (Lipinski definition) is 2. The molecule has 1 aromatic heterocycles. The lowest BCUT2D eigenvalue weighted by Crippen LogP contribution is -2.46. The van der Waals surface area contributed by atoms with Gasteiger partial charge in [-0.2, -0.15) is 0 Å². The Balaban J connectivity index is 1.43. The van der Waals surface area contributed by atoms with Gasteiger partial charge in [-0.25, -0.2) is 9.78 Å². The predicted molar refractivity (Wildman–Crippen MR) is 115 cm³/mol. The van der Waals surface area contributed by atoms with E-state index in [-0.39, 0.29) is 6.03 Å². The van der Waals surface area contributed by atoms with Gasteiger partial charge in [-0.05, 0) is 29.3 Å². The lowest BCUT2D eigenvalue weighted by molar-refractivity contribution is 0.184. The lowest BCUT2D eigenvalue weighted by Gasteiger charge is -2.34. The predicted octanol–water partition coefficient (Wildman–Crippen LogP) is 2.37. The van der Waals surface area contributed by atoms with Crippen molar-refractivity contribution in [3.63, 3.8) is 0 Å². The van der Waals surface area contributed by atoms with E-state index in [0.29, 0.717) is 19.7 Å². The molecule has 7 nitrogen and oxygen atoms in total. The Morgan fingerprint density at radius 1 is 1.03 bits per heavy atom. The van der Waals surface area contributed by atoms with Gasteiger partial charge in [0.2, 0.25) is 0 Å². The number of ether oxygens (including phenoxy) is 1. The van der Waals surface area contributed by atoms with Crippen LogP contribution in [0.2, 0.25) is 0 Å². The van der Waals surface area contributed by atoms with E-state index in [0.717, 1.165) is 55.2 Å². The van der Waals surface area contributed by atoms with Crippen LogP contribution in [-0.4, -0.2) is 55.7 Å². The average Bonchev–Trinajstić information content (AvgIpc) is 2.78. The van der Waals surface area contributed by atoms with Crippen LogP contribution in [0.5, 0.6) is 0 Å². The number of carbonyl (C=O) groups excluding carboxylic acids is 1. The summed E-state index contributed by atoms with van der Waals surface area (Å²) in [4.78, 5) is 21.5. The minimum Gasteiger partial charge on any atom is -0.380 e. The number of pyridine rings is 1. The van der Waals surface area contributed by atoms with E-state index >= 15 is 0 Å². The molecule has 0 bridgehead atoms. The number of anilines is 1.